The smallest absolute Gasteiger partial charge is 0.311 e. The number of rotatable bonds is 28. The second-order valence-electron chi connectivity index (χ2n) is 12.3. The van der Waals surface area contributed by atoms with E-state index in [2.05, 4.69) is 19.1 Å². The Morgan fingerprint density at radius 2 is 0.950 bits per heavy atom. The number of carbonyl (C=O) groups excluding carboxylic acids is 1. The highest BCUT2D eigenvalue weighted by molar-refractivity contribution is 5.70. The Hall–Kier alpha value is -1.89. The van der Waals surface area contributed by atoms with Crippen LogP contribution in [0.4, 0.5) is 0 Å². The summed E-state index contributed by atoms with van der Waals surface area (Å²) in [6.45, 7) is 8.18. The number of carboxylic acid groups (broad SMARTS) is 3. The second kappa shape index (κ2) is 23.8. The number of carbonyl (C=O) groups is 3. The summed E-state index contributed by atoms with van der Waals surface area (Å²) in [7, 11) is 0. The summed E-state index contributed by atoms with van der Waals surface area (Å²) in [5.41, 5.74) is 0. The predicted octanol–water partition coefficient (Wildman–Crippen LogP) is 6.84. The van der Waals surface area contributed by atoms with Gasteiger partial charge in [-0.15, -0.1) is 0 Å². The minimum absolute atomic E-state index is 0.187. The van der Waals surface area contributed by atoms with E-state index in [4.69, 9.17) is 0 Å². The van der Waals surface area contributed by atoms with E-state index in [-0.39, 0.29) is 24.1 Å². The molecule has 3 unspecified atom stereocenters. The van der Waals surface area contributed by atoms with Crippen molar-refractivity contribution in [1.29, 1.82) is 0 Å². The summed E-state index contributed by atoms with van der Waals surface area (Å²) >= 11 is 0. The van der Waals surface area contributed by atoms with E-state index in [0.717, 1.165) is 25.7 Å². The monoisotopic (exact) mass is 567 g/mol. The van der Waals surface area contributed by atoms with Crippen molar-refractivity contribution >= 4 is 17.9 Å². The van der Waals surface area contributed by atoms with Gasteiger partial charge in [0.15, 0.2) is 0 Å². The molecular weight excluding hydrogens is 506 g/mol. The van der Waals surface area contributed by atoms with Crippen LogP contribution in [-0.4, -0.2) is 58.8 Å². The van der Waals surface area contributed by atoms with Gasteiger partial charge in [-0.2, -0.15) is 0 Å². The average molecular weight is 568 g/mol. The van der Waals surface area contributed by atoms with E-state index < -0.39 is 35.7 Å². The molecule has 0 amide bonds. The minimum Gasteiger partial charge on any atom is -0.550 e. The first kappa shape index (κ1) is 38.1. The van der Waals surface area contributed by atoms with Crippen LogP contribution >= 0.6 is 0 Å². The summed E-state index contributed by atoms with van der Waals surface area (Å²) in [5, 5.41) is 30.5. The van der Waals surface area contributed by atoms with Crippen molar-refractivity contribution < 1.29 is 34.2 Å². The molecule has 0 aromatic heterocycles. The molecule has 0 heterocycles. The van der Waals surface area contributed by atoms with Gasteiger partial charge < -0.3 is 24.6 Å². The van der Waals surface area contributed by atoms with Crippen LogP contribution in [0.2, 0.25) is 0 Å². The zero-order chi connectivity index (χ0) is 30.2. The van der Waals surface area contributed by atoms with Crippen molar-refractivity contribution in [2.24, 2.45) is 17.8 Å². The molecule has 0 rings (SSSR count). The molecule has 0 radical (unpaired) electrons. The fourth-order valence-electron chi connectivity index (χ4n) is 5.76. The molecular formula is C33H61NO6. The van der Waals surface area contributed by atoms with Gasteiger partial charge in [-0.1, -0.05) is 103 Å². The largest absolute Gasteiger partial charge is 0.550 e. The van der Waals surface area contributed by atoms with Crippen molar-refractivity contribution in [3.05, 3.63) is 12.2 Å². The standard InChI is InChI=1S/C33H61NO6/c1-5-6-7-8-9-10-11-12-13-14-15-16-17-18-19-20-21-22-23-24-34(25-28(2)31(35)36,26-29(3)32(37)38)27-30(4)33(39)40/h6-7,28-30H,5,8-27H2,1-4H3,(H2-,35,36,37,38,39,40)/b7-6+. The maximum absolute atomic E-state index is 11.6. The molecule has 0 aromatic carbocycles. The lowest BCUT2D eigenvalue weighted by atomic mass is 10.00. The zero-order valence-electron chi connectivity index (χ0n) is 26.2. The SMILES string of the molecule is CC/C=C/CCCCCCCCCCCCCCCCC[N+](CC(C)C(=O)[O-])(CC(C)C(=O)O)CC(C)C(=O)O. The molecule has 0 saturated carbocycles. The maximum Gasteiger partial charge on any atom is 0.311 e. The molecule has 0 bridgehead atoms. The van der Waals surface area contributed by atoms with Crippen molar-refractivity contribution in [3.8, 4) is 0 Å². The van der Waals surface area contributed by atoms with E-state index >= 15 is 0 Å². The molecule has 7 heteroatoms. The molecule has 0 aliphatic heterocycles. The summed E-state index contributed by atoms with van der Waals surface area (Å²) < 4.78 is 0.187. The second-order valence-corrected chi connectivity index (χ2v) is 12.3. The average Bonchev–Trinajstić information content (AvgIpc) is 2.89. The summed E-state index contributed by atoms with van der Waals surface area (Å²) in [6.07, 6.45) is 25.6. The molecule has 0 fully saturated rings. The molecule has 0 spiro atoms. The lowest BCUT2D eigenvalue weighted by Crippen LogP contribution is -2.58. The maximum atomic E-state index is 11.6. The predicted molar refractivity (Wildman–Crippen MR) is 161 cm³/mol. The first-order valence-corrected chi connectivity index (χ1v) is 16.2. The van der Waals surface area contributed by atoms with Crippen LogP contribution in [0, 0.1) is 17.8 Å². The molecule has 0 saturated heterocycles. The van der Waals surface area contributed by atoms with Crippen LogP contribution in [0.3, 0.4) is 0 Å². The number of hydrogen-bond acceptors (Lipinski definition) is 4. The molecule has 3 atom stereocenters. The first-order chi connectivity index (χ1) is 19.0. The van der Waals surface area contributed by atoms with E-state index in [1.165, 1.54) is 83.5 Å². The Morgan fingerprint density at radius 3 is 1.30 bits per heavy atom. The summed E-state index contributed by atoms with van der Waals surface area (Å²) in [5.74, 6) is -5.23. The number of carboxylic acids is 3. The van der Waals surface area contributed by atoms with E-state index in [9.17, 15) is 29.7 Å². The molecule has 0 aromatic rings. The highest BCUT2D eigenvalue weighted by Gasteiger charge is 2.36. The number of allylic oxidation sites excluding steroid dienone is 2. The molecule has 0 aliphatic rings. The van der Waals surface area contributed by atoms with Crippen molar-refractivity contribution in [1.82, 2.24) is 0 Å². The van der Waals surface area contributed by atoms with Crippen LogP contribution in [0.25, 0.3) is 0 Å². The third kappa shape index (κ3) is 20.1. The highest BCUT2D eigenvalue weighted by atomic mass is 16.4. The Bertz CT molecular complexity index is 652. The summed E-state index contributed by atoms with van der Waals surface area (Å²) in [6, 6.07) is 0. The first-order valence-electron chi connectivity index (χ1n) is 16.2. The van der Waals surface area contributed by atoms with Gasteiger partial charge in [0.1, 0.15) is 11.8 Å². The van der Waals surface area contributed by atoms with Crippen LogP contribution in [-0.2, 0) is 14.4 Å². The third-order valence-corrected chi connectivity index (χ3v) is 8.13. The van der Waals surface area contributed by atoms with Gasteiger partial charge in [0.25, 0.3) is 0 Å². The number of aliphatic carboxylic acids is 3. The summed E-state index contributed by atoms with van der Waals surface area (Å²) in [4.78, 5) is 34.7. The fourth-order valence-corrected chi connectivity index (χ4v) is 5.76. The van der Waals surface area contributed by atoms with Crippen LogP contribution in [0.1, 0.15) is 137 Å². The van der Waals surface area contributed by atoms with Crippen molar-refractivity contribution in [3.63, 3.8) is 0 Å². The molecule has 7 nitrogen and oxygen atoms in total. The van der Waals surface area contributed by atoms with Crippen LogP contribution < -0.4 is 5.11 Å². The molecule has 2 N–H and O–H groups in total. The fraction of sp³-hybridized carbons (Fsp3) is 0.848. The van der Waals surface area contributed by atoms with Crippen LogP contribution in [0.5, 0.6) is 0 Å². The zero-order valence-corrected chi connectivity index (χ0v) is 26.2. The van der Waals surface area contributed by atoms with Gasteiger partial charge in [0.2, 0.25) is 0 Å². The van der Waals surface area contributed by atoms with E-state index in [1.54, 1.807) is 20.8 Å². The van der Waals surface area contributed by atoms with Crippen molar-refractivity contribution in [2.75, 3.05) is 26.2 Å². The Labute approximate surface area is 245 Å². The lowest BCUT2D eigenvalue weighted by molar-refractivity contribution is -0.934. The van der Waals surface area contributed by atoms with Gasteiger partial charge in [-0.05, 0) is 46.0 Å². The van der Waals surface area contributed by atoms with Crippen LogP contribution in [0.15, 0.2) is 12.2 Å². The number of unbranched alkanes of at least 4 members (excludes halogenated alkanes) is 15. The van der Waals surface area contributed by atoms with Crippen molar-refractivity contribution in [2.45, 2.75) is 137 Å². The Morgan fingerprint density at radius 1 is 0.600 bits per heavy atom. The van der Waals surface area contributed by atoms with E-state index in [1.807, 2.05) is 0 Å². The molecule has 0 aliphatic carbocycles. The normalized spacial score (nSPS) is 15.5. The minimum atomic E-state index is -1.18. The van der Waals surface area contributed by atoms with Gasteiger partial charge in [-0.3, -0.25) is 9.59 Å². The lowest BCUT2D eigenvalue weighted by Gasteiger charge is -2.43. The number of quaternary nitrogens is 1. The van der Waals surface area contributed by atoms with Gasteiger partial charge in [0, 0.05) is 11.9 Å². The van der Waals surface area contributed by atoms with Gasteiger partial charge in [0.05, 0.1) is 26.2 Å². The highest BCUT2D eigenvalue weighted by Crippen LogP contribution is 2.22. The van der Waals surface area contributed by atoms with Gasteiger partial charge in [-0.25, -0.2) is 0 Å². The molecule has 40 heavy (non-hydrogen) atoms. The number of nitrogens with zero attached hydrogens (tertiary/aromatic N) is 1. The topological polar surface area (TPSA) is 115 Å². The van der Waals surface area contributed by atoms with Gasteiger partial charge >= 0.3 is 11.9 Å². The quantitative estimate of drug-likeness (QED) is 0.0608. The third-order valence-electron chi connectivity index (χ3n) is 8.13. The number of hydrogen-bond donors (Lipinski definition) is 2. The Kier molecular flexibility index (Phi) is 22.7. The van der Waals surface area contributed by atoms with E-state index in [0.29, 0.717) is 6.54 Å². The molecule has 234 valence electrons. The Balaban J connectivity index is 4.27.